The van der Waals surface area contributed by atoms with Gasteiger partial charge in [0.25, 0.3) is 0 Å². The van der Waals surface area contributed by atoms with E-state index in [1.54, 1.807) is 24.3 Å². The first kappa shape index (κ1) is 15.8. The third-order valence-electron chi connectivity index (χ3n) is 3.73. The van der Waals surface area contributed by atoms with Gasteiger partial charge in [0.2, 0.25) is 0 Å². The van der Waals surface area contributed by atoms with Gasteiger partial charge < -0.3 is 20.4 Å². The molecule has 4 heteroatoms. The first-order valence-corrected chi connectivity index (χ1v) is 6.96. The topological polar surface area (TPSA) is 80.9 Å². The van der Waals surface area contributed by atoms with Crippen LogP contribution in [-0.2, 0) is 5.41 Å². The Labute approximate surface area is 129 Å². The SMILES string of the molecule is CC(=CC(C)(C)c1cccc(O)c1O)c1cccc(O)c1O. The van der Waals surface area contributed by atoms with Crippen LogP contribution < -0.4 is 0 Å². The van der Waals surface area contributed by atoms with Gasteiger partial charge in [0.15, 0.2) is 23.0 Å². The van der Waals surface area contributed by atoms with E-state index in [1.807, 2.05) is 26.8 Å². The van der Waals surface area contributed by atoms with E-state index in [1.165, 1.54) is 12.1 Å². The zero-order valence-corrected chi connectivity index (χ0v) is 12.8. The lowest BCUT2D eigenvalue weighted by Crippen LogP contribution is -2.14. The summed E-state index contributed by atoms with van der Waals surface area (Å²) in [5.74, 6) is -0.677. The Kier molecular flexibility index (Phi) is 4.04. The smallest absolute Gasteiger partial charge is 0.165 e. The van der Waals surface area contributed by atoms with E-state index in [4.69, 9.17) is 0 Å². The van der Waals surface area contributed by atoms with Gasteiger partial charge in [-0.15, -0.1) is 0 Å². The van der Waals surface area contributed by atoms with Crippen molar-refractivity contribution < 1.29 is 20.4 Å². The molecule has 0 saturated carbocycles. The standard InChI is InChI=1S/C18H20O4/c1-11(12-6-4-8-14(19)16(12)21)10-18(2,3)13-7-5-9-15(20)17(13)22/h4-10,19-22H,1-3H3. The molecule has 0 aliphatic carbocycles. The van der Waals surface area contributed by atoms with Crippen molar-refractivity contribution >= 4 is 5.57 Å². The van der Waals surface area contributed by atoms with E-state index in [-0.39, 0.29) is 23.0 Å². The number of hydrogen-bond donors (Lipinski definition) is 4. The summed E-state index contributed by atoms with van der Waals surface area (Å²) in [6.45, 7) is 5.60. The van der Waals surface area contributed by atoms with Crippen molar-refractivity contribution in [1.82, 2.24) is 0 Å². The Morgan fingerprint density at radius 2 is 1.41 bits per heavy atom. The first-order valence-electron chi connectivity index (χ1n) is 6.96. The molecule has 0 saturated heterocycles. The largest absolute Gasteiger partial charge is 0.504 e. The van der Waals surface area contributed by atoms with E-state index < -0.39 is 5.41 Å². The van der Waals surface area contributed by atoms with Crippen LogP contribution in [0.3, 0.4) is 0 Å². The summed E-state index contributed by atoms with van der Waals surface area (Å²) in [6.07, 6.45) is 1.87. The Morgan fingerprint density at radius 3 is 2.05 bits per heavy atom. The van der Waals surface area contributed by atoms with Gasteiger partial charge in [0, 0.05) is 16.5 Å². The molecule has 0 aliphatic heterocycles. The number of aromatic hydroxyl groups is 4. The summed E-state index contributed by atoms with van der Waals surface area (Å²) in [7, 11) is 0. The molecule has 0 aromatic heterocycles. The molecule has 0 bridgehead atoms. The normalized spacial score (nSPS) is 12.4. The summed E-state index contributed by atoms with van der Waals surface area (Å²) in [4.78, 5) is 0. The van der Waals surface area contributed by atoms with Gasteiger partial charge in [-0.3, -0.25) is 0 Å². The zero-order chi connectivity index (χ0) is 16.5. The molecule has 0 heterocycles. The van der Waals surface area contributed by atoms with Crippen LogP contribution in [-0.4, -0.2) is 20.4 Å². The highest BCUT2D eigenvalue weighted by molar-refractivity contribution is 5.72. The highest BCUT2D eigenvalue weighted by Crippen LogP contribution is 2.40. The number of benzene rings is 2. The second kappa shape index (κ2) is 5.64. The van der Waals surface area contributed by atoms with E-state index >= 15 is 0 Å². The number of phenolic OH excluding ortho intramolecular Hbond substituents is 4. The van der Waals surface area contributed by atoms with Gasteiger partial charge in [0.1, 0.15) is 0 Å². The van der Waals surface area contributed by atoms with E-state index in [2.05, 4.69) is 0 Å². The summed E-state index contributed by atoms with van der Waals surface area (Å²) in [6, 6.07) is 9.60. The molecule has 0 aliphatic rings. The second-order valence-electron chi connectivity index (χ2n) is 5.90. The molecule has 0 atom stereocenters. The molecule has 2 aromatic rings. The highest BCUT2D eigenvalue weighted by Gasteiger charge is 2.24. The lowest BCUT2D eigenvalue weighted by Gasteiger charge is -2.24. The molecule has 0 spiro atoms. The van der Waals surface area contributed by atoms with Crippen LogP contribution in [0.2, 0.25) is 0 Å². The molecule has 4 N–H and O–H groups in total. The van der Waals surface area contributed by atoms with Crippen LogP contribution in [0.25, 0.3) is 5.57 Å². The molecule has 22 heavy (non-hydrogen) atoms. The van der Waals surface area contributed by atoms with Gasteiger partial charge in [-0.2, -0.15) is 0 Å². The van der Waals surface area contributed by atoms with E-state index in [0.29, 0.717) is 11.1 Å². The number of rotatable bonds is 3. The highest BCUT2D eigenvalue weighted by atomic mass is 16.3. The Bertz CT molecular complexity index is 730. The molecule has 2 aromatic carbocycles. The molecular weight excluding hydrogens is 280 g/mol. The lowest BCUT2D eigenvalue weighted by molar-refractivity contribution is 0.393. The fourth-order valence-corrected chi connectivity index (χ4v) is 2.60. The minimum atomic E-state index is -0.579. The number of hydrogen-bond acceptors (Lipinski definition) is 4. The van der Waals surface area contributed by atoms with Crippen molar-refractivity contribution in [3.05, 3.63) is 53.6 Å². The van der Waals surface area contributed by atoms with Crippen LogP contribution in [0.15, 0.2) is 42.5 Å². The lowest BCUT2D eigenvalue weighted by atomic mass is 9.81. The van der Waals surface area contributed by atoms with Crippen molar-refractivity contribution in [3.63, 3.8) is 0 Å². The second-order valence-corrected chi connectivity index (χ2v) is 5.90. The predicted octanol–water partition coefficient (Wildman–Crippen LogP) is 3.89. The van der Waals surface area contributed by atoms with Crippen LogP contribution >= 0.6 is 0 Å². The fraction of sp³-hybridized carbons (Fsp3) is 0.222. The molecule has 2 rings (SSSR count). The summed E-state index contributed by atoms with van der Waals surface area (Å²) < 4.78 is 0. The average Bonchev–Trinajstić information content (AvgIpc) is 2.44. The monoisotopic (exact) mass is 300 g/mol. The van der Waals surface area contributed by atoms with Crippen LogP contribution in [0.1, 0.15) is 31.9 Å². The first-order chi connectivity index (χ1) is 10.2. The van der Waals surface area contributed by atoms with Crippen molar-refractivity contribution in [2.24, 2.45) is 0 Å². The molecule has 0 fully saturated rings. The Morgan fingerprint density at radius 1 is 0.864 bits per heavy atom. The van der Waals surface area contributed by atoms with Gasteiger partial charge >= 0.3 is 0 Å². The molecule has 116 valence electrons. The predicted molar refractivity (Wildman–Crippen MR) is 86.2 cm³/mol. The van der Waals surface area contributed by atoms with Crippen LogP contribution in [0, 0.1) is 0 Å². The summed E-state index contributed by atoms with van der Waals surface area (Å²) in [5.41, 5.74) is 1.27. The quantitative estimate of drug-likeness (QED) is 0.648. The maximum absolute atomic E-state index is 10.0. The van der Waals surface area contributed by atoms with Gasteiger partial charge in [0.05, 0.1) is 0 Å². The Balaban J connectivity index is 2.50. The van der Waals surface area contributed by atoms with Gasteiger partial charge in [-0.05, 0) is 24.6 Å². The van der Waals surface area contributed by atoms with E-state index in [0.717, 1.165) is 5.57 Å². The number of allylic oxidation sites excluding steroid dienone is 2. The third-order valence-corrected chi connectivity index (χ3v) is 3.73. The summed E-state index contributed by atoms with van der Waals surface area (Å²) in [5, 5.41) is 39.2. The third kappa shape index (κ3) is 2.86. The van der Waals surface area contributed by atoms with Crippen molar-refractivity contribution in [3.8, 4) is 23.0 Å². The maximum atomic E-state index is 10.0. The van der Waals surface area contributed by atoms with Crippen molar-refractivity contribution in [2.75, 3.05) is 0 Å². The maximum Gasteiger partial charge on any atom is 0.165 e. The molecule has 0 unspecified atom stereocenters. The number of para-hydroxylation sites is 2. The van der Waals surface area contributed by atoms with Gasteiger partial charge in [-0.1, -0.05) is 44.2 Å². The summed E-state index contributed by atoms with van der Waals surface area (Å²) >= 11 is 0. The van der Waals surface area contributed by atoms with Gasteiger partial charge in [-0.25, -0.2) is 0 Å². The zero-order valence-electron chi connectivity index (χ0n) is 12.8. The molecule has 0 radical (unpaired) electrons. The fourth-order valence-electron chi connectivity index (χ4n) is 2.60. The number of phenols is 4. The van der Waals surface area contributed by atoms with Crippen molar-refractivity contribution in [2.45, 2.75) is 26.2 Å². The average molecular weight is 300 g/mol. The molecular formula is C18H20O4. The minimum absolute atomic E-state index is 0.156. The van der Waals surface area contributed by atoms with Crippen LogP contribution in [0.4, 0.5) is 0 Å². The minimum Gasteiger partial charge on any atom is -0.504 e. The van der Waals surface area contributed by atoms with E-state index in [9.17, 15) is 20.4 Å². The van der Waals surface area contributed by atoms with Crippen molar-refractivity contribution in [1.29, 1.82) is 0 Å². The van der Waals surface area contributed by atoms with Crippen LogP contribution in [0.5, 0.6) is 23.0 Å². The molecule has 0 amide bonds. The Hall–Kier alpha value is -2.62. The molecule has 4 nitrogen and oxygen atoms in total.